The van der Waals surface area contributed by atoms with Crippen LogP contribution in [-0.2, 0) is 0 Å². The van der Waals surface area contributed by atoms with Crippen LogP contribution in [0.2, 0.25) is 0 Å². The van der Waals surface area contributed by atoms with Gasteiger partial charge >= 0.3 is 5.69 Å². The van der Waals surface area contributed by atoms with Crippen molar-refractivity contribution >= 4 is 21.6 Å². The smallest absolute Gasteiger partial charge is 0.353 e. The minimum absolute atomic E-state index is 0.0331. The van der Waals surface area contributed by atoms with E-state index in [0.29, 0.717) is 0 Å². The Kier molecular flexibility index (Phi) is 2.72. The summed E-state index contributed by atoms with van der Waals surface area (Å²) in [7, 11) is 1.30. The summed E-state index contributed by atoms with van der Waals surface area (Å²) in [6.07, 6.45) is 0. The lowest BCUT2D eigenvalue weighted by molar-refractivity contribution is -0.386. The minimum atomic E-state index is -0.696. The van der Waals surface area contributed by atoms with Crippen LogP contribution in [0.25, 0.3) is 0 Å². The fourth-order valence-electron chi connectivity index (χ4n) is 0.878. The predicted molar refractivity (Wildman–Crippen MR) is 49.0 cm³/mol. The summed E-state index contributed by atoms with van der Waals surface area (Å²) in [5.41, 5.74) is -0.433. The van der Waals surface area contributed by atoms with Gasteiger partial charge in [0.1, 0.15) is 0 Å². The number of hydrogen-bond donors (Lipinski definition) is 1. The van der Waals surface area contributed by atoms with Crippen LogP contribution in [0, 0.1) is 10.1 Å². The van der Waals surface area contributed by atoms with Crippen molar-refractivity contribution in [1.29, 1.82) is 0 Å². The number of nitro benzene ring substituents is 1. The molecule has 13 heavy (non-hydrogen) atoms. The first-order valence-electron chi connectivity index (χ1n) is 3.27. The third-order valence-corrected chi connectivity index (χ3v) is 2.11. The molecule has 1 N–H and O–H groups in total. The summed E-state index contributed by atoms with van der Waals surface area (Å²) in [6, 6.07) is 2.88. The van der Waals surface area contributed by atoms with E-state index in [-0.39, 0.29) is 10.2 Å². The van der Waals surface area contributed by atoms with Gasteiger partial charge in [-0.25, -0.2) is 0 Å². The molecule has 0 spiro atoms. The van der Waals surface area contributed by atoms with Crippen molar-refractivity contribution < 1.29 is 14.8 Å². The summed E-state index contributed by atoms with van der Waals surface area (Å²) in [5.74, 6) is -0.393. The largest absolute Gasteiger partial charge is 0.501 e. The molecule has 0 aliphatic carbocycles. The lowest BCUT2D eigenvalue weighted by atomic mass is 10.3. The molecule has 0 aliphatic heterocycles. The molecule has 1 aromatic rings. The molecule has 1 rings (SSSR count). The number of benzene rings is 1. The number of rotatable bonds is 2. The monoisotopic (exact) mass is 247 g/mol. The average Bonchev–Trinajstić information content (AvgIpc) is 2.08. The van der Waals surface area contributed by atoms with Crippen LogP contribution < -0.4 is 4.74 Å². The molecule has 5 nitrogen and oxygen atoms in total. The maximum absolute atomic E-state index is 10.5. The molecule has 0 fully saturated rings. The van der Waals surface area contributed by atoms with E-state index < -0.39 is 16.4 Å². The van der Waals surface area contributed by atoms with Gasteiger partial charge in [-0.05, 0) is 28.1 Å². The number of halogens is 1. The fraction of sp³-hybridized carbons (Fsp3) is 0.143. The van der Waals surface area contributed by atoms with Crippen LogP contribution in [0.4, 0.5) is 5.69 Å². The van der Waals surface area contributed by atoms with Crippen LogP contribution in [0.15, 0.2) is 16.6 Å². The van der Waals surface area contributed by atoms with E-state index in [1.807, 2.05) is 0 Å². The van der Waals surface area contributed by atoms with E-state index in [1.54, 1.807) is 0 Å². The van der Waals surface area contributed by atoms with Crippen LogP contribution >= 0.6 is 15.9 Å². The van der Waals surface area contributed by atoms with Gasteiger partial charge in [-0.3, -0.25) is 10.1 Å². The normalized spacial score (nSPS) is 9.69. The molecule has 0 aliphatic rings. The van der Waals surface area contributed by atoms with E-state index >= 15 is 0 Å². The molecule has 0 unspecified atom stereocenters. The number of aromatic hydroxyl groups is 1. The highest BCUT2D eigenvalue weighted by atomic mass is 79.9. The van der Waals surface area contributed by atoms with Crippen molar-refractivity contribution in [1.82, 2.24) is 0 Å². The molecule has 0 bridgehead atoms. The van der Waals surface area contributed by atoms with Gasteiger partial charge in [-0.2, -0.15) is 0 Å². The summed E-state index contributed by atoms with van der Waals surface area (Å²) in [5, 5.41) is 19.8. The van der Waals surface area contributed by atoms with Gasteiger partial charge in [0.25, 0.3) is 0 Å². The Hall–Kier alpha value is -1.30. The van der Waals surface area contributed by atoms with Gasteiger partial charge in [-0.1, -0.05) is 0 Å². The van der Waals surface area contributed by atoms with Gasteiger partial charge in [0.2, 0.25) is 11.5 Å². The van der Waals surface area contributed by atoms with E-state index in [1.165, 1.54) is 19.2 Å². The van der Waals surface area contributed by atoms with E-state index in [4.69, 9.17) is 4.74 Å². The molecule has 0 heterocycles. The molecule has 0 radical (unpaired) electrons. The number of phenolic OH excluding ortho intramolecular Hbond substituents is 1. The van der Waals surface area contributed by atoms with Crippen molar-refractivity contribution in [2.75, 3.05) is 7.11 Å². The summed E-state index contributed by atoms with van der Waals surface area (Å²) in [6.45, 7) is 0. The fourth-order valence-corrected chi connectivity index (χ4v) is 1.20. The first-order valence-corrected chi connectivity index (χ1v) is 4.07. The predicted octanol–water partition coefficient (Wildman–Crippen LogP) is 2.07. The number of hydrogen-bond acceptors (Lipinski definition) is 4. The zero-order valence-corrected chi connectivity index (χ0v) is 8.24. The van der Waals surface area contributed by atoms with Gasteiger partial charge in [0.05, 0.1) is 16.5 Å². The summed E-state index contributed by atoms with van der Waals surface area (Å²) in [4.78, 5) is 9.80. The van der Waals surface area contributed by atoms with E-state index in [9.17, 15) is 15.2 Å². The molecular weight excluding hydrogens is 242 g/mol. The number of phenols is 1. The summed E-state index contributed by atoms with van der Waals surface area (Å²) < 4.78 is 4.98. The van der Waals surface area contributed by atoms with E-state index in [2.05, 4.69) is 15.9 Å². The molecule has 0 amide bonds. The Labute approximate surface area is 82.2 Å². The first kappa shape index (κ1) is 9.79. The van der Waals surface area contributed by atoms with Crippen LogP contribution in [0.5, 0.6) is 11.5 Å². The molecule has 0 saturated carbocycles. The van der Waals surface area contributed by atoms with Gasteiger partial charge in [0, 0.05) is 0 Å². The van der Waals surface area contributed by atoms with Gasteiger partial charge in [-0.15, -0.1) is 0 Å². The molecule has 0 aromatic heterocycles. The van der Waals surface area contributed by atoms with Crippen molar-refractivity contribution in [2.24, 2.45) is 0 Å². The third kappa shape index (κ3) is 1.72. The van der Waals surface area contributed by atoms with Crippen molar-refractivity contribution in [3.8, 4) is 11.5 Å². The Morgan fingerprint density at radius 1 is 1.62 bits per heavy atom. The average molecular weight is 248 g/mol. The minimum Gasteiger partial charge on any atom is -0.501 e. The second kappa shape index (κ2) is 3.61. The molecule has 0 atom stereocenters. The van der Waals surface area contributed by atoms with Gasteiger partial charge in [0.15, 0.2) is 0 Å². The molecule has 0 saturated heterocycles. The maximum Gasteiger partial charge on any atom is 0.353 e. The lowest BCUT2D eigenvalue weighted by Gasteiger charge is -2.03. The zero-order valence-electron chi connectivity index (χ0n) is 6.65. The zero-order chi connectivity index (χ0) is 10.0. The molecule has 1 aromatic carbocycles. The first-order chi connectivity index (χ1) is 6.07. The molecule has 70 valence electrons. The Morgan fingerprint density at radius 2 is 2.23 bits per heavy atom. The maximum atomic E-state index is 10.5. The van der Waals surface area contributed by atoms with Crippen molar-refractivity contribution in [3.63, 3.8) is 0 Å². The summed E-state index contributed by atoms with van der Waals surface area (Å²) >= 11 is 2.97. The Morgan fingerprint density at radius 3 is 2.69 bits per heavy atom. The lowest BCUT2D eigenvalue weighted by Crippen LogP contribution is -1.94. The quantitative estimate of drug-likeness (QED) is 0.642. The molecule has 6 heteroatoms. The molecular formula is C7H6BrNO4. The second-order valence-electron chi connectivity index (χ2n) is 2.20. The number of nitrogens with zero attached hydrogens (tertiary/aromatic N) is 1. The van der Waals surface area contributed by atoms with E-state index in [0.717, 1.165) is 0 Å². The SMILES string of the molecule is COc1ccc(Br)c(O)c1[N+](=O)[O-]. The number of ether oxygens (including phenoxy) is 1. The highest BCUT2D eigenvalue weighted by Crippen LogP contribution is 2.40. The van der Waals surface area contributed by atoms with Crippen molar-refractivity contribution in [3.05, 3.63) is 26.7 Å². The second-order valence-corrected chi connectivity index (χ2v) is 3.06. The van der Waals surface area contributed by atoms with Crippen LogP contribution in [0.1, 0.15) is 0 Å². The highest BCUT2D eigenvalue weighted by Gasteiger charge is 2.22. The van der Waals surface area contributed by atoms with Crippen LogP contribution in [0.3, 0.4) is 0 Å². The highest BCUT2D eigenvalue weighted by molar-refractivity contribution is 9.10. The Balaban J connectivity index is 3.41. The van der Waals surface area contributed by atoms with Crippen molar-refractivity contribution in [2.45, 2.75) is 0 Å². The number of methoxy groups -OCH3 is 1. The van der Waals surface area contributed by atoms with Gasteiger partial charge < -0.3 is 9.84 Å². The number of nitro groups is 1. The van der Waals surface area contributed by atoms with Crippen LogP contribution in [-0.4, -0.2) is 17.1 Å². The standard InChI is InChI=1S/C7H6BrNO4/c1-13-5-3-2-4(8)7(10)6(5)9(11)12/h2-3,10H,1H3. The topological polar surface area (TPSA) is 72.6 Å². The third-order valence-electron chi connectivity index (χ3n) is 1.47. The Bertz CT molecular complexity index is 353.